The van der Waals surface area contributed by atoms with E-state index in [0.717, 1.165) is 72.3 Å². The Morgan fingerprint density at radius 2 is 1.04 bits per heavy atom. The zero-order valence-corrected chi connectivity index (χ0v) is 19.4. The molecule has 4 unspecified atom stereocenters. The van der Waals surface area contributed by atoms with Crippen molar-refractivity contribution in [2.24, 2.45) is 11.8 Å². The van der Waals surface area contributed by atoms with E-state index in [1.165, 1.54) is 56.5 Å². The van der Waals surface area contributed by atoms with Crippen LogP contribution in [0, 0.1) is 22.7 Å². The first-order valence-electron chi connectivity index (χ1n) is 11.4. The minimum absolute atomic E-state index is 0.912. The van der Waals surface area contributed by atoms with E-state index >= 15 is 0 Å². The van der Waals surface area contributed by atoms with E-state index in [2.05, 4.69) is 37.4 Å². The molecule has 0 aromatic carbocycles. The van der Waals surface area contributed by atoms with Crippen molar-refractivity contribution in [2.45, 2.75) is 108 Å². The molecule has 0 spiro atoms. The van der Waals surface area contributed by atoms with Gasteiger partial charge in [0.2, 0.25) is 0 Å². The summed E-state index contributed by atoms with van der Waals surface area (Å²) in [5, 5.41) is 18.1. The standard InChI is InChI=1S/C23H42N2S2/c1-18-12-14-22(18)26-16-6-10-20(24)8-4-3-5-9-21(25)11-7-17-27-23-15-13-19(23)2/h18-19,22-25H,3-17H2,1-2H3. The van der Waals surface area contributed by atoms with E-state index in [-0.39, 0.29) is 0 Å². The van der Waals surface area contributed by atoms with Gasteiger partial charge >= 0.3 is 0 Å². The summed E-state index contributed by atoms with van der Waals surface area (Å²) in [5.74, 6) is 4.34. The molecule has 2 nitrogen and oxygen atoms in total. The minimum atomic E-state index is 0.912. The van der Waals surface area contributed by atoms with Crippen molar-refractivity contribution in [3.8, 4) is 0 Å². The van der Waals surface area contributed by atoms with Crippen LogP contribution < -0.4 is 0 Å². The van der Waals surface area contributed by atoms with Gasteiger partial charge in [-0.1, -0.05) is 20.3 Å². The van der Waals surface area contributed by atoms with Crippen LogP contribution in [0.5, 0.6) is 0 Å². The summed E-state index contributed by atoms with van der Waals surface area (Å²) >= 11 is 4.28. The van der Waals surface area contributed by atoms with Gasteiger partial charge in [0.25, 0.3) is 0 Å². The number of nitrogens with one attached hydrogen (secondary N) is 2. The van der Waals surface area contributed by atoms with E-state index in [1.807, 2.05) is 0 Å². The fraction of sp³-hybridized carbons (Fsp3) is 0.913. The third-order valence-corrected chi connectivity index (χ3v) is 9.75. The van der Waals surface area contributed by atoms with Gasteiger partial charge in [-0.05, 0) is 100 Å². The van der Waals surface area contributed by atoms with Crippen LogP contribution in [0.15, 0.2) is 0 Å². The molecule has 156 valence electrons. The summed E-state index contributed by atoms with van der Waals surface area (Å²) in [4.78, 5) is 0. The first kappa shape index (κ1) is 23.3. The first-order chi connectivity index (χ1) is 13.1. The van der Waals surface area contributed by atoms with Gasteiger partial charge in [-0.25, -0.2) is 0 Å². The lowest BCUT2D eigenvalue weighted by atomic mass is 9.87. The molecule has 0 aliphatic heterocycles. The highest BCUT2D eigenvalue weighted by Crippen LogP contribution is 2.38. The molecule has 2 N–H and O–H groups in total. The van der Waals surface area contributed by atoms with Crippen LogP contribution in [0.1, 0.15) is 97.3 Å². The summed E-state index contributed by atoms with van der Waals surface area (Å²) in [6.07, 6.45) is 15.5. The Morgan fingerprint density at radius 3 is 1.37 bits per heavy atom. The van der Waals surface area contributed by atoms with Gasteiger partial charge in [0.05, 0.1) is 0 Å². The molecule has 2 saturated carbocycles. The zero-order valence-electron chi connectivity index (χ0n) is 17.7. The maximum Gasteiger partial charge on any atom is 0.00894 e. The van der Waals surface area contributed by atoms with Crippen LogP contribution in [-0.4, -0.2) is 33.4 Å². The highest BCUT2D eigenvalue weighted by atomic mass is 32.2. The highest BCUT2D eigenvalue weighted by Gasteiger charge is 2.27. The first-order valence-corrected chi connectivity index (χ1v) is 13.5. The van der Waals surface area contributed by atoms with E-state index < -0.39 is 0 Å². The van der Waals surface area contributed by atoms with Gasteiger partial charge in [-0.3, -0.25) is 0 Å². The number of rotatable bonds is 16. The van der Waals surface area contributed by atoms with Gasteiger partial charge in [-0.15, -0.1) is 0 Å². The smallest absolute Gasteiger partial charge is 0.00894 e. The summed E-state index contributed by atoms with van der Waals surface area (Å²) < 4.78 is 0. The molecule has 27 heavy (non-hydrogen) atoms. The Hall–Kier alpha value is 0.0400. The second-order valence-corrected chi connectivity index (χ2v) is 11.6. The summed E-state index contributed by atoms with van der Waals surface area (Å²) in [5.41, 5.74) is 1.91. The van der Waals surface area contributed by atoms with Crippen molar-refractivity contribution < 1.29 is 0 Å². The van der Waals surface area contributed by atoms with E-state index in [1.54, 1.807) is 0 Å². The van der Waals surface area contributed by atoms with Gasteiger partial charge in [-0.2, -0.15) is 23.5 Å². The zero-order chi connectivity index (χ0) is 19.5. The summed E-state index contributed by atoms with van der Waals surface area (Å²) in [7, 11) is 0. The molecule has 4 heteroatoms. The van der Waals surface area contributed by atoms with E-state index in [0.29, 0.717) is 0 Å². The number of unbranched alkanes of at least 4 members (excludes halogenated alkanes) is 2. The quantitative estimate of drug-likeness (QED) is 0.203. The Bertz CT molecular complexity index is 412. The topological polar surface area (TPSA) is 47.7 Å². The predicted octanol–water partition coefficient (Wildman–Crippen LogP) is 7.60. The average Bonchev–Trinajstić information content (AvgIpc) is 2.64. The summed E-state index contributed by atoms with van der Waals surface area (Å²) in [6.45, 7) is 4.75. The Labute approximate surface area is 176 Å². The molecule has 0 aromatic heterocycles. The molecule has 4 atom stereocenters. The van der Waals surface area contributed by atoms with Gasteiger partial charge in [0.1, 0.15) is 0 Å². The summed E-state index contributed by atoms with van der Waals surface area (Å²) in [6, 6.07) is 0. The molecule has 2 rings (SSSR count). The van der Waals surface area contributed by atoms with Crippen LogP contribution in [0.2, 0.25) is 0 Å². The van der Waals surface area contributed by atoms with Gasteiger partial charge in [0.15, 0.2) is 0 Å². The van der Waals surface area contributed by atoms with Crippen molar-refractivity contribution in [2.75, 3.05) is 11.5 Å². The van der Waals surface area contributed by atoms with Gasteiger partial charge < -0.3 is 10.8 Å². The monoisotopic (exact) mass is 410 g/mol. The second-order valence-electron chi connectivity index (χ2n) is 8.90. The maximum absolute atomic E-state index is 8.12. The highest BCUT2D eigenvalue weighted by molar-refractivity contribution is 8.00. The molecule has 2 aliphatic carbocycles. The minimum Gasteiger partial charge on any atom is -0.310 e. The van der Waals surface area contributed by atoms with Gasteiger partial charge in [0, 0.05) is 21.9 Å². The van der Waals surface area contributed by atoms with E-state index in [4.69, 9.17) is 10.8 Å². The van der Waals surface area contributed by atoms with Crippen LogP contribution in [0.25, 0.3) is 0 Å². The predicted molar refractivity (Wildman–Crippen MR) is 126 cm³/mol. The molecule has 0 aromatic rings. The van der Waals surface area contributed by atoms with Crippen molar-refractivity contribution in [3.63, 3.8) is 0 Å². The van der Waals surface area contributed by atoms with Crippen LogP contribution in [0.4, 0.5) is 0 Å². The molecule has 0 saturated heterocycles. The van der Waals surface area contributed by atoms with Crippen molar-refractivity contribution in [1.82, 2.24) is 0 Å². The fourth-order valence-corrected chi connectivity index (χ4v) is 6.67. The second kappa shape index (κ2) is 13.3. The molecule has 0 bridgehead atoms. The maximum atomic E-state index is 8.12. The van der Waals surface area contributed by atoms with Crippen molar-refractivity contribution in [1.29, 1.82) is 10.8 Å². The molecular formula is C23H42N2S2. The van der Waals surface area contributed by atoms with Crippen molar-refractivity contribution in [3.05, 3.63) is 0 Å². The third kappa shape index (κ3) is 9.39. The molecule has 0 amide bonds. The normalized spacial score (nSPS) is 27.0. The number of thioether (sulfide) groups is 2. The molecule has 0 heterocycles. The fourth-order valence-electron chi connectivity index (χ4n) is 3.91. The lowest BCUT2D eigenvalue weighted by Gasteiger charge is -2.33. The van der Waals surface area contributed by atoms with Crippen LogP contribution >= 0.6 is 23.5 Å². The lowest BCUT2D eigenvalue weighted by Crippen LogP contribution is -2.25. The van der Waals surface area contributed by atoms with E-state index in [9.17, 15) is 0 Å². The Kier molecular flexibility index (Phi) is 11.5. The molecule has 2 fully saturated rings. The van der Waals surface area contributed by atoms with Crippen molar-refractivity contribution >= 4 is 34.9 Å². The SMILES string of the molecule is CC1CCC1SCCCC(=N)CCCCCC(=N)CCCSC1CCC1C. The Morgan fingerprint density at radius 1 is 0.630 bits per heavy atom. The molecular weight excluding hydrogens is 368 g/mol. The van der Waals surface area contributed by atoms with Crippen LogP contribution in [0.3, 0.4) is 0 Å². The number of hydrogen-bond acceptors (Lipinski definition) is 4. The molecule has 0 radical (unpaired) electrons. The van der Waals surface area contributed by atoms with Crippen LogP contribution in [-0.2, 0) is 0 Å². The lowest BCUT2D eigenvalue weighted by molar-refractivity contribution is 0.362. The molecule has 2 aliphatic rings. The Balaban J connectivity index is 1.32. The third-order valence-electron chi connectivity index (χ3n) is 6.45. The largest absolute Gasteiger partial charge is 0.310 e. The number of hydrogen-bond donors (Lipinski definition) is 2. The average molecular weight is 411 g/mol.